The van der Waals surface area contributed by atoms with Crippen LogP contribution in [0.2, 0.25) is 0 Å². The molecule has 0 spiro atoms. The molecule has 140 valence electrons. The molecular formula is C21H24FN5. The van der Waals surface area contributed by atoms with E-state index in [-0.39, 0.29) is 5.82 Å². The molecule has 5 nitrogen and oxygen atoms in total. The van der Waals surface area contributed by atoms with Crippen molar-refractivity contribution in [3.05, 3.63) is 65.9 Å². The van der Waals surface area contributed by atoms with Gasteiger partial charge in [-0.1, -0.05) is 12.1 Å². The second-order valence-electron chi connectivity index (χ2n) is 7.03. The highest BCUT2D eigenvalue weighted by molar-refractivity contribution is 5.75. The van der Waals surface area contributed by atoms with E-state index in [2.05, 4.69) is 26.8 Å². The smallest absolute Gasteiger partial charge is 0.136 e. The molecule has 1 fully saturated rings. The zero-order valence-electron chi connectivity index (χ0n) is 15.8. The number of nitrogens with zero attached hydrogens (tertiary/aromatic N) is 5. The van der Waals surface area contributed by atoms with E-state index in [0.717, 1.165) is 49.7 Å². The first-order chi connectivity index (χ1) is 13.1. The van der Waals surface area contributed by atoms with Crippen molar-refractivity contribution in [2.24, 2.45) is 7.05 Å². The molecule has 27 heavy (non-hydrogen) atoms. The maximum atomic E-state index is 13.7. The molecule has 0 N–H and O–H groups in total. The maximum absolute atomic E-state index is 13.7. The van der Waals surface area contributed by atoms with Gasteiger partial charge in [-0.05, 0) is 36.8 Å². The minimum absolute atomic E-state index is 0.223. The first-order valence-corrected chi connectivity index (χ1v) is 9.27. The lowest BCUT2D eigenvalue weighted by atomic mass is 10.1. The molecule has 3 heterocycles. The van der Waals surface area contributed by atoms with Crippen molar-refractivity contribution < 1.29 is 4.39 Å². The van der Waals surface area contributed by atoms with Crippen LogP contribution in [0.15, 0.2) is 48.8 Å². The lowest BCUT2D eigenvalue weighted by Gasteiger charge is -2.36. The summed E-state index contributed by atoms with van der Waals surface area (Å²) in [5.74, 6) is 0.708. The van der Waals surface area contributed by atoms with Gasteiger partial charge >= 0.3 is 0 Å². The number of piperazine rings is 1. The first kappa shape index (κ1) is 17.7. The highest BCUT2D eigenvalue weighted by atomic mass is 19.1. The van der Waals surface area contributed by atoms with Gasteiger partial charge in [-0.3, -0.25) is 9.58 Å². The Bertz CT molecular complexity index is 928. The van der Waals surface area contributed by atoms with E-state index in [1.165, 1.54) is 17.3 Å². The molecule has 0 unspecified atom stereocenters. The fourth-order valence-corrected chi connectivity index (χ4v) is 3.59. The minimum atomic E-state index is -0.223. The van der Waals surface area contributed by atoms with Crippen molar-refractivity contribution >= 4 is 5.82 Å². The Hall–Kier alpha value is -2.73. The Balaban J connectivity index is 1.48. The Morgan fingerprint density at radius 3 is 2.59 bits per heavy atom. The Labute approximate surface area is 159 Å². The summed E-state index contributed by atoms with van der Waals surface area (Å²) in [6.45, 7) is 6.77. The predicted octanol–water partition coefficient (Wildman–Crippen LogP) is 3.25. The largest absolute Gasteiger partial charge is 0.354 e. The van der Waals surface area contributed by atoms with E-state index in [4.69, 9.17) is 0 Å². The minimum Gasteiger partial charge on any atom is -0.354 e. The lowest BCUT2D eigenvalue weighted by Crippen LogP contribution is -2.46. The van der Waals surface area contributed by atoms with Gasteiger partial charge in [0.25, 0.3) is 0 Å². The zero-order chi connectivity index (χ0) is 18.8. The summed E-state index contributed by atoms with van der Waals surface area (Å²) in [6.07, 6.45) is 3.77. The van der Waals surface area contributed by atoms with Crippen LogP contribution in [0.25, 0.3) is 11.1 Å². The third-order valence-corrected chi connectivity index (χ3v) is 5.32. The Morgan fingerprint density at radius 2 is 1.89 bits per heavy atom. The molecule has 0 aliphatic carbocycles. The van der Waals surface area contributed by atoms with Crippen LogP contribution in [-0.4, -0.2) is 45.8 Å². The number of aromatic nitrogens is 3. The number of anilines is 1. The molecule has 4 rings (SSSR count). The van der Waals surface area contributed by atoms with E-state index in [9.17, 15) is 4.39 Å². The molecular weight excluding hydrogens is 341 g/mol. The molecule has 2 aromatic heterocycles. The lowest BCUT2D eigenvalue weighted by molar-refractivity contribution is 0.249. The number of hydrogen-bond acceptors (Lipinski definition) is 4. The van der Waals surface area contributed by atoms with Gasteiger partial charge < -0.3 is 4.90 Å². The maximum Gasteiger partial charge on any atom is 0.136 e. The van der Waals surface area contributed by atoms with Gasteiger partial charge in [-0.2, -0.15) is 5.10 Å². The van der Waals surface area contributed by atoms with Gasteiger partial charge in [0.15, 0.2) is 0 Å². The quantitative estimate of drug-likeness (QED) is 0.711. The summed E-state index contributed by atoms with van der Waals surface area (Å²) in [7, 11) is 1.98. The Kier molecular flexibility index (Phi) is 4.90. The van der Waals surface area contributed by atoms with E-state index in [0.29, 0.717) is 0 Å². The average Bonchev–Trinajstić information content (AvgIpc) is 3.01. The van der Waals surface area contributed by atoms with Crippen LogP contribution in [0.3, 0.4) is 0 Å². The molecule has 6 heteroatoms. The fraction of sp³-hybridized carbons (Fsp3) is 0.333. The molecule has 1 saturated heterocycles. The van der Waals surface area contributed by atoms with Gasteiger partial charge in [0.1, 0.15) is 11.6 Å². The van der Waals surface area contributed by atoms with Gasteiger partial charge in [-0.25, -0.2) is 9.37 Å². The highest BCUT2D eigenvalue weighted by Crippen LogP contribution is 2.30. The highest BCUT2D eigenvalue weighted by Gasteiger charge is 2.21. The van der Waals surface area contributed by atoms with Crippen molar-refractivity contribution in [3.63, 3.8) is 0 Å². The van der Waals surface area contributed by atoms with Crippen molar-refractivity contribution in [1.29, 1.82) is 0 Å². The van der Waals surface area contributed by atoms with Crippen LogP contribution in [0.1, 0.15) is 11.3 Å². The van der Waals surface area contributed by atoms with Crippen LogP contribution >= 0.6 is 0 Å². The number of benzene rings is 1. The summed E-state index contributed by atoms with van der Waals surface area (Å²) in [5, 5.41) is 4.34. The second kappa shape index (κ2) is 7.48. The average molecular weight is 365 g/mol. The van der Waals surface area contributed by atoms with Crippen molar-refractivity contribution in [2.75, 3.05) is 31.1 Å². The third-order valence-electron chi connectivity index (χ3n) is 5.32. The number of halogens is 1. The zero-order valence-corrected chi connectivity index (χ0v) is 15.8. The predicted molar refractivity (Wildman–Crippen MR) is 105 cm³/mol. The number of hydrogen-bond donors (Lipinski definition) is 0. The summed E-state index contributed by atoms with van der Waals surface area (Å²) in [6, 6.07) is 10.6. The molecule has 0 radical (unpaired) electrons. The van der Waals surface area contributed by atoms with Crippen molar-refractivity contribution in [2.45, 2.75) is 13.5 Å². The number of rotatable bonds is 4. The van der Waals surface area contributed by atoms with E-state index < -0.39 is 0 Å². The van der Waals surface area contributed by atoms with E-state index in [1.54, 1.807) is 12.1 Å². The molecule has 1 aromatic carbocycles. The normalized spacial score (nSPS) is 15.3. The number of aryl methyl sites for hydroxylation is 1. The van der Waals surface area contributed by atoms with E-state index in [1.807, 2.05) is 42.3 Å². The number of pyridine rings is 1. The SMILES string of the molecule is Cc1c(CN2CCN(c3ncccc3-c3cccc(F)c3)CC2)cnn1C. The van der Waals surface area contributed by atoms with Crippen molar-refractivity contribution in [3.8, 4) is 11.1 Å². The molecule has 0 saturated carbocycles. The topological polar surface area (TPSA) is 37.2 Å². The van der Waals surface area contributed by atoms with Crippen molar-refractivity contribution in [1.82, 2.24) is 19.7 Å². The monoisotopic (exact) mass is 365 g/mol. The third kappa shape index (κ3) is 3.71. The van der Waals surface area contributed by atoms with Crippen LogP contribution in [0, 0.1) is 12.7 Å². The summed E-state index contributed by atoms with van der Waals surface area (Å²) in [5.41, 5.74) is 4.35. The molecule has 1 aliphatic heterocycles. The molecule has 0 atom stereocenters. The molecule has 1 aliphatic rings. The summed E-state index contributed by atoms with van der Waals surface area (Å²) >= 11 is 0. The van der Waals surface area contributed by atoms with Crippen LogP contribution in [0.5, 0.6) is 0 Å². The fourth-order valence-electron chi connectivity index (χ4n) is 3.59. The summed E-state index contributed by atoms with van der Waals surface area (Å²) in [4.78, 5) is 9.35. The van der Waals surface area contributed by atoms with Gasteiger partial charge in [0, 0.05) is 62.8 Å². The van der Waals surface area contributed by atoms with Crippen LogP contribution in [-0.2, 0) is 13.6 Å². The second-order valence-corrected chi connectivity index (χ2v) is 7.03. The summed E-state index contributed by atoms with van der Waals surface area (Å²) < 4.78 is 15.6. The van der Waals surface area contributed by atoms with Gasteiger partial charge in [0.05, 0.1) is 6.20 Å². The van der Waals surface area contributed by atoms with Crippen LogP contribution < -0.4 is 4.90 Å². The van der Waals surface area contributed by atoms with Gasteiger partial charge in [-0.15, -0.1) is 0 Å². The van der Waals surface area contributed by atoms with Gasteiger partial charge in [0.2, 0.25) is 0 Å². The molecule has 3 aromatic rings. The Morgan fingerprint density at radius 1 is 1.07 bits per heavy atom. The molecule has 0 bridgehead atoms. The molecule has 0 amide bonds. The van der Waals surface area contributed by atoms with E-state index >= 15 is 0 Å². The first-order valence-electron chi connectivity index (χ1n) is 9.27. The standard InChI is InChI=1S/C21H24FN5/c1-16-18(14-24-25(16)2)15-26-9-11-27(12-10-26)21-20(7-4-8-23-21)17-5-3-6-19(22)13-17/h3-8,13-14H,9-12,15H2,1-2H3. The van der Waals surface area contributed by atoms with Crippen LogP contribution in [0.4, 0.5) is 10.2 Å².